The maximum atomic E-state index is 12.2. The molecule has 60 valence electrons. The van der Waals surface area contributed by atoms with E-state index in [1.54, 1.807) is 0 Å². The minimum atomic E-state index is -1.63. The molecular weight excluding hydrogens is 148 g/mol. The zero-order valence-corrected chi connectivity index (χ0v) is 5.03. The molecule has 1 rings (SSSR count). The Balaban J connectivity index is 0.000001000. The fraction of sp³-hybridized carbons (Fsp3) is 0.167. The molecule has 2 N–H and O–H groups in total. The van der Waals surface area contributed by atoms with E-state index in [1.807, 2.05) is 0 Å². The summed E-state index contributed by atoms with van der Waals surface area (Å²) in [6.07, 6.45) is 1.17. The van der Waals surface area contributed by atoms with Gasteiger partial charge in [-0.3, -0.25) is 0 Å². The van der Waals surface area contributed by atoms with Gasteiger partial charge in [0, 0.05) is 6.20 Å². The molecule has 0 amide bonds. The fourth-order valence-electron chi connectivity index (χ4n) is 0.578. The highest BCUT2D eigenvalue weighted by Crippen LogP contribution is 1.86. The lowest BCUT2D eigenvalue weighted by molar-refractivity contribution is 0.425. The van der Waals surface area contributed by atoms with Crippen LogP contribution in [0.1, 0.15) is 7.43 Å². The molecule has 1 aromatic heterocycles. The van der Waals surface area contributed by atoms with Crippen LogP contribution < -0.4 is 5.46 Å². The van der Waals surface area contributed by atoms with Crippen molar-refractivity contribution in [3.05, 3.63) is 24.3 Å². The quantitative estimate of drug-likeness (QED) is 0.428. The van der Waals surface area contributed by atoms with Crippen molar-refractivity contribution in [3.63, 3.8) is 0 Å². The van der Waals surface area contributed by atoms with Crippen molar-refractivity contribution < 1.29 is 14.4 Å². The molecule has 0 bridgehead atoms. The smallest absolute Gasteiger partial charge is 0.423 e. The van der Waals surface area contributed by atoms with Gasteiger partial charge in [-0.05, 0) is 17.6 Å². The summed E-state index contributed by atoms with van der Waals surface area (Å²) >= 11 is 0. The SMILES string of the molecule is C.OB(O)c1ccnc(F)c1. The maximum Gasteiger partial charge on any atom is 0.488 e. The summed E-state index contributed by atoms with van der Waals surface area (Å²) < 4.78 is 12.2. The number of aromatic nitrogens is 1. The van der Waals surface area contributed by atoms with Gasteiger partial charge in [-0.25, -0.2) is 4.98 Å². The van der Waals surface area contributed by atoms with Crippen LogP contribution in [0.15, 0.2) is 18.3 Å². The van der Waals surface area contributed by atoms with Gasteiger partial charge in [-0.2, -0.15) is 4.39 Å². The summed E-state index contributed by atoms with van der Waals surface area (Å²) in [6.45, 7) is 0. The summed E-state index contributed by atoms with van der Waals surface area (Å²) in [7, 11) is -1.63. The molecule has 0 fully saturated rings. The molecule has 0 aliphatic carbocycles. The third-order valence-corrected chi connectivity index (χ3v) is 1.05. The zero-order valence-electron chi connectivity index (χ0n) is 5.03. The highest BCUT2D eigenvalue weighted by atomic mass is 19.1. The monoisotopic (exact) mass is 157 g/mol. The van der Waals surface area contributed by atoms with Crippen molar-refractivity contribution in [1.29, 1.82) is 0 Å². The van der Waals surface area contributed by atoms with E-state index in [-0.39, 0.29) is 12.9 Å². The Bertz CT molecular complexity index is 232. The second kappa shape index (κ2) is 4.05. The van der Waals surface area contributed by atoms with Gasteiger partial charge >= 0.3 is 7.12 Å². The maximum absolute atomic E-state index is 12.2. The van der Waals surface area contributed by atoms with Crippen molar-refractivity contribution >= 4 is 12.6 Å². The largest absolute Gasteiger partial charge is 0.488 e. The highest BCUT2D eigenvalue weighted by molar-refractivity contribution is 6.58. The minimum Gasteiger partial charge on any atom is -0.423 e. The summed E-state index contributed by atoms with van der Waals surface area (Å²) in [6, 6.07) is 2.29. The van der Waals surface area contributed by atoms with Gasteiger partial charge in [0.05, 0.1) is 0 Å². The number of halogens is 1. The van der Waals surface area contributed by atoms with Gasteiger partial charge in [-0.15, -0.1) is 0 Å². The van der Waals surface area contributed by atoms with Crippen molar-refractivity contribution in [3.8, 4) is 0 Å². The minimum absolute atomic E-state index is 0. The van der Waals surface area contributed by atoms with Crippen LogP contribution in [0.25, 0.3) is 0 Å². The average molecular weight is 157 g/mol. The van der Waals surface area contributed by atoms with Crippen LogP contribution in [0, 0.1) is 5.95 Å². The van der Waals surface area contributed by atoms with Crippen molar-refractivity contribution in [2.75, 3.05) is 0 Å². The van der Waals surface area contributed by atoms with Gasteiger partial charge in [-0.1, -0.05) is 7.43 Å². The van der Waals surface area contributed by atoms with E-state index in [0.29, 0.717) is 0 Å². The third kappa shape index (κ3) is 2.65. The molecule has 1 aromatic rings. The second-order valence-corrected chi connectivity index (χ2v) is 1.79. The first kappa shape index (κ1) is 10.1. The van der Waals surface area contributed by atoms with Gasteiger partial charge in [0.2, 0.25) is 5.95 Å². The molecule has 0 unspecified atom stereocenters. The number of pyridine rings is 1. The Hall–Kier alpha value is -0.935. The van der Waals surface area contributed by atoms with Crippen molar-refractivity contribution in [2.24, 2.45) is 0 Å². The second-order valence-electron chi connectivity index (χ2n) is 1.79. The Morgan fingerprint density at radius 1 is 1.45 bits per heavy atom. The first-order valence-corrected chi connectivity index (χ1v) is 2.68. The first-order chi connectivity index (χ1) is 4.70. The Labute approximate surface area is 64.7 Å². The molecule has 5 heteroatoms. The normalized spacial score (nSPS) is 8.64. The lowest BCUT2D eigenvalue weighted by Crippen LogP contribution is -2.30. The van der Waals surface area contributed by atoms with E-state index >= 15 is 0 Å². The van der Waals surface area contributed by atoms with Crippen LogP contribution in [-0.2, 0) is 0 Å². The Morgan fingerprint density at radius 2 is 2.09 bits per heavy atom. The lowest BCUT2D eigenvalue weighted by Gasteiger charge is -1.95. The molecule has 0 saturated heterocycles. The van der Waals surface area contributed by atoms with E-state index in [4.69, 9.17) is 10.0 Å². The van der Waals surface area contributed by atoms with Gasteiger partial charge in [0.1, 0.15) is 0 Å². The van der Waals surface area contributed by atoms with Crippen LogP contribution in [0.3, 0.4) is 0 Å². The summed E-state index contributed by atoms with van der Waals surface area (Å²) in [4.78, 5) is 3.23. The molecule has 1 heterocycles. The van der Waals surface area contributed by atoms with Gasteiger partial charge in [0.25, 0.3) is 0 Å². The molecule has 0 aliphatic heterocycles. The molecule has 11 heavy (non-hydrogen) atoms. The van der Waals surface area contributed by atoms with E-state index in [0.717, 1.165) is 6.07 Å². The molecule has 0 atom stereocenters. The first-order valence-electron chi connectivity index (χ1n) is 2.68. The van der Waals surface area contributed by atoms with Crippen molar-refractivity contribution in [1.82, 2.24) is 4.98 Å². The average Bonchev–Trinajstić information content (AvgIpc) is 1.88. The Morgan fingerprint density at radius 3 is 2.45 bits per heavy atom. The molecule has 0 radical (unpaired) electrons. The number of nitrogens with zero attached hydrogens (tertiary/aromatic N) is 1. The predicted molar refractivity (Wildman–Crippen MR) is 40.8 cm³/mol. The number of hydrogen-bond donors (Lipinski definition) is 2. The van der Waals surface area contributed by atoms with Crippen LogP contribution in [-0.4, -0.2) is 22.2 Å². The van der Waals surface area contributed by atoms with Crippen molar-refractivity contribution in [2.45, 2.75) is 7.43 Å². The summed E-state index contributed by atoms with van der Waals surface area (Å²) in [5.41, 5.74) is 0.104. The standard InChI is InChI=1S/C5H5BFNO2.CH4/c7-5-3-4(6(9)10)1-2-8-5;/h1-3,9-10H;1H4. The predicted octanol–water partition coefficient (Wildman–Crippen LogP) is -0.463. The van der Waals surface area contributed by atoms with Crippen LogP contribution >= 0.6 is 0 Å². The van der Waals surface area contributed by atoms with Crippen LogP contribution in [0.4, 0.5) is 4.39 Å². The zero-order chi connectivity index (χ0) is 7.56. The Kier molecular flexibility index (Phi) is 3.71. The molecule has 0 aromatic carbocycles. The van der Waals surface area contributed by atoms with E-state index in [1.165, 1.54) is 12.3 Å². The van der Waals surface area contributed by atoms with Gasteiger partial charge in [0.15, 0.2) is 0 Å². The molecule has 0 spiro atoms. The molecule has 0 saturated carbocycles. The van der Waals surface area contributed by atoms with E-state index < -0.39 is 13.1 Å². The molecule has 0 aliphatic rings. The number of hydrogen-bond acceptors (Lipinski definition) is 3. The third-order valence-electron chi connectivity index (χ3n) is 1.05. The summed E-state index contributed by atoms with van der Waals surface area (Å²) in [5, 5.41) is 17.0. The van der Waals surface area contributed by atoms with E-state index in [2.05, 4.69) is 4.98 Å². The van der Waals surface area contributed by atoms with E-state index in [9.17, 15) is 4.39 Å². The molecule has 3 nitrogen and oxygen atoms in total. The fourth-order valence-corrected chi connectivity index (χ4v) is 0.578. The van der Waals surface area contributed by atoms with Crippen LogP contribution in [0.2, 0.25) is 0 Å². The highest BCUT2D eigenvalue weighted by Gasteiger charge is 2.10. The molecular formula is C6H9BFNO2. The summed E-state index contributed by atoms with van der Waals surface area (Å²) in [5.74, 6) is -0.717. The lowest BCUT2D eigenvalue weighted by atomic mass is 9.81. The topological polar surface area (TPSA) is 53.4 Å². The van der Waals surface area contributed by atoms with Gasteiger partial charge < -0.3 is 10.0 Å². The number of rotatable bonds is 1. The van der Waals surface area contributed by atoms with Crippen LogP contribution in [0.5, 0.6) is 0 Å².